The molecule has 0 saturated heterocycles. The van der Waals surface area contributed by atoms with Gasteiger partial charge in [0.15, 0.2) is 0 Å². The number of hydrogen-bond acceptors (Lipinski definition) is 4. The molecule has 1 aliphatic heterocycles. The Balaban J connectivity index is 1.50. The van der Waals surface area contributed by atoms with Crippen LogP contribution in [0.2, 0.25) is 0 Å². The molecule has 0 radical (unpaired) electrons. The van der Waals surface area contributed by atoms with Gasteiger partial charge < -0.3 is 9.72 Å². The van der Waals surface area contributed by atoms with Gasteiger partial charge in [-0.2, -0.15) is 4.31 Å². The number of nitrogens with zero attached hydrogens (tertiary/aromatic N) is 2. The van der Waals surface area contributed by atoms with Gasteiger partial charge in [-0.1, -0.05) is 0 Å². The van der Waals surface area contributed by atoms with Gasteiger partial charge in [0.25, 0.3) is 0 Å². The third-order valence-electron chi connectivity index (χ3n) is 4.81. The van der Waals surface area contributed by atoms with Crippen LogP contribution in [0.25, 0.3) is 0 Å². The van der Waals surface area contributed by atoms with E-state index in [0.717, 1.165) is 30.0 Å². The lowest BCUT2D eigenvalue weighted by Gasteiger charge is -2.25. The molecule has 2 aromatic rings. The highest BCUT2D eigenvalue weighted by Crippen LogP contribution is 2.27. The normalized spacial score (nSPS) is 19.3. The van der Waals surface area contributed by atoms with Crippen LogP contribution in [0, 0.1) is 0 Å². The third kappa shape index (κ3) is 2.93. The SMILES string of the molecule is O=S(=O)(c1ccc(OC2CCCC2)cc1)N1CCc2nc[nH]c2C1. The summed E-state index contributed by atoms with van der Waals surface area (Å²) in [6.45, 7) is 0.804. The minimum absolute atomic E-state index is 0.272. The van der Waals surface area contributed by atoms with Gasteiger partial charge in [-0.15, -0.1) is 0 Å². The molecule has 0 spiro atoms. The van der Waals surface area contributed by atoms with Crippen molar-refractivity contribution < 1.29 is 13.2 Å². The van der Waals surface area contributed by atoms with E-state index in [-0.39, 0.29) is 6.10 Å². The van der Waals surface area contributed by atoms with Crippen LogP contribution in [-0.4, -0.2) is 35.3 Å². The Morgan fingerprint density at radius 3 is 2.67 bits per heavy atom. The smallest absolute Gasteiger partial charge is 0.243 e. The number of hydrogen-bond donors (Lipinski definition) is 1. The van der Waals surface area contributed by atoms with E-state index in [4.69, 9.17) is 4.74 Å². The molecule has 1 N–H and O–H groups in total. The molecule has 1 saturated carbocycles. The van der Waals surface area contributed by atoms with Gasteiger partial charge in [0.05, 0.1) is 35.3 Å². The number of fused-ring (bicyclic) bond motifs is 1. The standard InChI is InChI=1S/C17H21N3O3S/c21-24(22,20-10-9-16-17(11-20)19-12-18-16)15-7-5-14(6-8-15)23-13-3-1-2-4-13/h5-8,12-13H,1-4,9-11H2,(H,18,19). The number of rotatable bonds is 4. The summed E-state index contributed by atoms with van der Waals surface area (Å²) in [7, 11) is -3.50. The van der Waals surface area contributed by atoms with Crippen LogP contribution in [0.15, 0.2) is 35.5 Å². The quantitative estimate of drug-likeness (QED) is 0.922. The van der Waals surface area contributed by atoms with Crippen LogP contribution >= 0.6 is 0 Å². The van der Waals surface area contributed by atoms with Gasteiger partial charge in [-0.3, -0.25) is 0 Å². The molecular weight excluding hydrogens is 326 g/mol. The van der Waals surface area contributed by atoms with E-state index in [1.54, 1.807) is 30.6 Å². The van der Waals surface area contributed by atoms with Crippen molar-refractivity contribution in [3.63, 3.8) is 0 Å². The van der Waals surface area contributed by atoms with Crippen molar-refractivity contribution in [2.24, 2.45) is 0 Å². The van der Waals surface area contributed by atoms with Crippen LogP contribution in [-0.2, 0) is 23.0 Å². The number of benzene rings is 1. The average Bonchev–Trinajstić information content (AvgIpc) is 3.25. The number of H-pyrrole nitrogens is 1. The molecule has 2 heterocycles. The molecule has 0 atom stereocenters. The summed E-state index contributed by atoms with van der Waals surface area (Å²) in [6, 6.07) is 6.80. The van der Waals surface area contributed by atoms with Crippen LogP contribution < -0.4 is 4.74 Å². The lowest BCUT2D eigenvalue weighted by atomic mass is 10.2. The molecule has 1 aromatic carbocycles. The maximum absolute atomic E-state index is 12.8. The van der Waals surface area contributed by atoms with Crippen molar-refractivity contribution in [1.29, 1.82) is 0 Å². The first-order chi connectivity index (χ1) is 11.6. The Morgan fingerprint density at radius 2 is 1.92 bits per heavy atom. The highest BCUT2D eigenvalue weighted by atomic mass is 32.2. The second-order valence-corrected chi connectivity index (χ2v) is 8.35. The second kappa shape index (κ2) is 6.22. The lowest BCUT2D eigenvalue weighted by molar-refractivity contribution is 0.210. The first-order valence-corrected chi connectivity index (χ1v) is 9.85. The molecular formula is C17H21N3O3S. The van der Waals surface area contributed by atoms with Crippen molar-refractivity contribution in [1.82, 2.24) is 14.3 Å². The second-order valence-electron chi connectivity index (χ2n) is 6.41. The zero-order valence-corrected chi connectivity index (χ0v) is 14.3. The highest BCUT2D eigenvalue weighted by Gasteiger charge is 2.29. The first kappa shape index (κ1) is 15.7. The summed E-state index contributed by atoms with van der Waals surface area (Å²) in [5.74, 6) is 0.746. The van der Waals surface area contributed by atoms with Crippen molar-refractivity contribution in [2.45, 2.75) is 49.6 Å². The van der Waals surface area contributed by atoms with Crippen molar-refractivity contribution in [2.75, 3.05) is 6.54 Å². The molecule has 1 fully saturated rings. The summed E-state index contributed by atoms with van der Waals surface area (Å²) < 4.78 is 33.1. The fourth-order valence-corrected chi connectivity index (χ4v) is 4.84. The maximum atomic E-state index is 12.8. The Labute approximate surface area is 141 Å². The van der Waals surface area contributed by atoms with Crippen LogP contribution in [0.1, 0.15) is 37.1 Å². The zero-order chi connectivity index (χ0) is 16.6. The van der Waals surface area contributed by atoms with Crippen LogP contribution in [0.5, 0.6) is 5.75 Å². The Bertz CT molecular complexity index is 808. The molecule has 0 unspecified atom stereocenters. The monoisotopic (exact) mass is 347 g/mol. The van der Waals surface area contributed by atoms with E-state index in [9.17, 15) is 8.42 Å². The first-order valence-electron chi connectivity index (χ1n) is 8.41. The Morgan fingerprint density at radius 1 is 1.17 bits per heavy atom. The minimum Gasteiger partial charge on any atom is -0.490 e. The molecule has 1 aromatic heterocycles. The topological polar surface area (TPSA) is 75.3 Å². The third-order valence-corrected chi connectivity index (χ3v) is 6.67. The zero-order valence-electron chi connectivity index (χ0n) is 13.4. The molecule has 7 heteroatoms. The lowest BCUT2D eigenvalue weighted by Crippen LogP contribution is -2.36. The number of ether oxygens (including phenoxy) is 1. The molecule has 6 nitrogen and oxygen atoms in total. The van der Waals surface area contributed by atoms with Crippen molar-refractivity contribution in [3.8, 4) is 5.75 Å². The molecule has 4 rings (SSSR count). The molecule has 0 bridgehead atoms. The minimum atomic E-state index is -3.50. The summed E-state index contributed by atoms with van der Waals surface area (Å²) in [4.78, 5) is 7.55. The largest absolute Gasteiger partial charge is 0.490 e. The number of sulfonamides is 1. The summed E-state index contributed by atoms with van der Waals surface area (Å²) in [6.07, 6.45) is 7.12. The van der Waals surface area contributed by atoms with Gasteiger partial charge in [-0.25, -0.2) is 13.4 Å². The van der Waals surface area contributed by atoms with E-state index < -0.39 is 10.0 Å². The van der Waals surface area contributed by atoms with E-state index in [2.05, 4.69) is 9.97 Å². The van der Waals surface area contributed by atoms with Gasteiger partial charge in [-0.05, 0) is 49.9 Å². The highest BCUT2D eigenvalue weighted by molar-refractivity contribution is 7.89. The number of imidazole rings is 1. The van der Waals surface area contributed by atoms with Gasteiger partial charge in [0, 0.05) is 13.0 Å². The molecule has 2 aliphatic rings. The maximum Gasteiger partial charge on any atom is 0.243 e. The predicted molar refractivity (Wildman–Crippen MR) is 89.2 cm³/mol. The van der Waals surface area contributed by atoms with E-state index >= 15 is 0 Å². The van der Waals surface area contributed by atoms with E-state index in [1.165, 1.54) is 17.1 Å². The summed E-state index contributed by atoms with van der Waals surface area (Å²) >= 11 is 0. The molecule has 1 aliphatic carbocycles. The Hall–Kier alpha value is -1.86. The van der Waals surface area contributed by atoms with Crippen molar-refractivity contribution >= 4 is 10.0 Å². The fourth-order valence-electron chi connectivity index (χ4n) is 3.43. The van der Waals surface area contributed by atoms with E-state index in [0.29, 0.717) is 24.4 Å². The van der Waals surface area contributed by atoms with Crippen LogP contribution in [0.3, 0.4) is 0 Å². The van der Waals surface area contributed by atoms with Gasteiger partial charge in [0.1, 0.15) is 5.75 Å². The molecule has 128 valence electrons. The average molecular weight is 347 g/mol. The predicted octanol–water partition coefficient (Wildman–Crippen LogP) is 2.48. The van der Waals surface area contributed by atoms with E-state index in [1.807, 2.05) is 0 Å². The van der Waals surface area contributed by atoms with Crippen LogP contribution in [0.4, 0.5) is 0 Å². The van der Waals surface area contributed by atoms with Gasteiger partial charge >= 0.3 is 0 Å². The Kier molecular flexibility index (Phi) is 4.05. The summed E-state index contributed by atoms with van der Waals surface area (Å²) in [5.41, 5.74) is 1.84. The van der Waals surface area contributed by atoms with Crippen molar-refractivity contribution in [3.05, 3.63) is 42.0 Å². The number of aromatic amines is 1. The molecule has 0 amide bonds. The number of aromatic nitrogens is 2. The summed E-state index contributed by atoms with van der Waals surface area (Å²) in [5, 5.41) is 0. The van der Waals surface area contributed by atoms with Gasteiger partial charge in [0.2, 0.25) is 10.0 Å². The molecule has 24 heavy (non-hydrogen) atoms. The fraction of sp³-hybridized carbons (Fsp3) is 0.471. The number of nitrogens with one attached hydrogen (secondary N) is 1.